The van der Waals surface area contributed by atoms with Crippen molar-refractivity contribution in [3.63, 3.8) is 0 Å². The zero-order valence-corrected chi connectivity index (χ0v) is 10.7. The maximum atomic E-state index is 10.7. The molecule has 1 aromatic heterocycles. The minimum absolute atomic E-state index is 0.383. The second-order valence-electron chi connectivity index (χ2n) is 4.93. The molecule has 0 aromatic carbocycles. The van der Waals surface area contributed by atoms with Crippen LogP contribution in [0.5, 0.6) is 0 Å². The molecule has 0 amide bonds. The number of thiophene rings is 1. The smallest absolute Gasteiger partial charge is 0.0931 e. The molecule has 16 heavy (non-hydrogen) atoms. The van der Waals surface area contributed by atoms with Gasteiger partial charge in [-0.3, -0.25) is 4.90 Å². The first-order valence-electron chi connectivity index (χ1n) is 5.88. The summed E-state index contributed by atoms with van der Waals surface area (Å²) in [4.78, 5) is 3.65. The van der Waals surface area contributed by atoms with Crippen LogP contribution >= 0.6 is 22.9 Å². The van der Waals surface area contributed by atoms with Crippen LogP contribution < -0.4 is 0 Å². The van der Waals surface area contributed by atoms with Gasteiger partial charge in [-0.25, -0.2) is 0 Å². The van der Waals surface area contributed by atoms with E-state index in [0.717, 1.165) is 36.7 Å². The van der Waals surface area contributed by atoms with Crippen LogP contribution in [0, 0.1) is 0 Å². The van der Waals surface area contributed by atoms with Gasteiger partial charge in [0.05, 0.1) is 9.94 Å². The number of hydrogen-bond donors (Lipinski definition) is 1. The van der Waals surface area contributed by atoms with Gasteiger partial charge in [0, 0.05) is 23.9 Å². The molecule has 4 heteroatoms. The summed E-state index contributed by atoms with van der Waals surface area (Å²) in [6.45, 7) is 2.22. The van der Waals surface area contributed by atoms with E-state index in [4.69, 9.17) is 11.6 Å². The van der Waals surface area contributed by atoms with E-state index in [9.17, 15) is 5.11 Å². The first-order chi connectivity index (χ1) is 7.67. The highest BCUT2D eigenvalue weighted by molar-refractivity contribution is 7.16. The molecule has 0 spiro atoms. The third-order valence-electron chi connectivity index (χ3n) is 3.93. The van der Waals surface area contributed by atoms with Crippen LogP contribution in [-0.4, -0.2) is 34.7 Å². The summed E-state index contributed by atoms with van der Waals surface area (Å²) in [6.07, 6.45) is 4.06. The Hall–Kier alpha value is -0.0900. The second kappa shape index (κ2) is 3.98. The third kappa shape index (κ3) is 1.80. The summed E-state index contributed by atoms with van der Waals surface area (Å²) in [5, 5.41) is 10.7. The average Bonchev–Trinajstić information content (AvgIpc) is 2.88. The molecule has 3 rings (SSSR count). The quantitative estimate of drug-likeness (QED) is 0.880. The lowest BCUT2D eigenvalue weighted by Gasteiger charge is -2.29. The van der Waals surface area contributed by atoms with Gasteiger partial charge in [-0.1, -0.05) is 11.6 Å². The molecule has 0 bridgehead atoms. The van der Waals surface area contributed by atoms with Gasteiger partial charge in [0.1, 0.15) is 0 Å². The topological polar surface area (TPSA) is 23.5 Å². The molecule has 1 aromatic rings. The van der Waals surface area contributed by atoms with Crippen molar-refractivity contribution in [3.8, 4) is 0 Å². The van der Waals surface area contributed by atoms with E-state index in [-0.39, 0.29) is 0 Å². The van der Waals surface area contributed by atoms with Gasteiger partial charge in [0.25, 0.3) is 0 Å². The molecule has 1 N–H and O–H groups in total. The molecule has 3 heterocycles. The van der Waals surface area contributed by atoms with Crippen LogP contribution in [0.15, 0.2) is 12.1 Å². The largest absolute Gasteiger partial charge is 0.388 e. The van der Waals surface area contributed by atoms with Gasteiger partial charge in [0.15, 0.2) is 0 Å². The number of aliphatic hydroxyl groups is 1. The Balaban J connectivity index is 1.78. The van der Waals surface area contributed by atoms with Crippen molar-refractivity contribution in [1.29, 1.82) is 0 Å². The molecule has 0 saturated carbocycles. The van der Waals surface area contributed by atoms with Crippen molar-refractivity contribution < 1.29 is 5.11 Å². The Bertz CT molecular complexity index is 394. The Morgan fingerprint density at radius 1 is 1.50 bits per heavy atom. The maximum absolute atomic E-state index is 10.7. The van der Waals surface area contributed by atoms with Gasteiger partial charge in [0.2, 0.25) is 0 Å². The van der Waals surface area contributed by atoms with E-state index < -0.39 is 5.60 Å². The van der Waals surface area contributed by atoms with Crippen LogP contribution in [0.25, 0.3) is 0 Å². The number of nitrogens with zero attached hydrogens (tertiary/aromatic N) is 1. The molecule has 2 nitrogen and oxygen atoms in total. The number of rotatable bonds is 2. The van der Waals surface area contributed by atoms with Crippen LogP contribution in [-0.2, 0) is 6.42 Å². The van der Waals surface area contributed by atoms with Crippen LogP contribution in [0.1, 0.15) is 24.1 Å². The summed E-state index contributed by atoms with van der Waals surface area (Å²) in [5.74, 6) is 0. The summed E-state index contributed by atoms with van der Waals surface area (Å²) >= 11 is 7.52. The van der Waals surface area contributed by atoms with E-state index >= 15 is 0 Å². The molecule has 88 valence electrons. The number of hydrogen-bond acceptors (Lipinski definition) is 3. The molecule has 0 radical (unpaired) electrons. The van der Waals surface area contributed by atoms with E-state index in [1.54, 1.807) is 11.3 Å². The molecule has 2 aliphatic rings. The van der Waals surface area contributed by atoms with E-state index in [1.807, 2.05) is 12.1 Å². The molecule has 0 aliphatic carbocycles. The molecule has 2 fully saturated rings. The van der Waals surface area contributed by atoms with Crippen LogP contribution in [0.4, 0.5) is 0 Å². The molecule has 2 aliphatic heterocycles. The fraction of sp³-hybridized carbons (Fsp3) is 0.667. The Morgan fingerprint density at radius 2 is 2.38 bits per heavy atom. The zero-order chi connectivity index (χ0) is 11.2. The van der Waals surface area contributed by atoms with E-state index in [2.05, 4.69) is 4.90 Å². The highest BCUT2D eigenvalue weighted by atomic mass is 35.5. The molecule has 2 saturated heterocycles. The predicted molar refractivity (Wildman–Crippen MR) is 67.2 cm³/mol. The first kappa shape index (κ1) is 11.0. The minimum Gasteiger partial charge on any atom is -0.388 e. The predicted octanol–water partition coefficient (Wildman–Crippen LogP) is 2.54. The van der Waals surface area contributed by atoms with Crippen molar-refractivity contribution in [1.82, 2.24) is 4.90 Å². The van der Waals surface area contributed by atoms with Gasteiger partial charge in [-0.2, -0.15) is 0 Å². The third-order valence-corrected chi connectivity index (χ3v) is 5.16. The van der Waals surface area contributed by atoms with Crippen LogP contribution in [0.3, 0.4) is 0 Å². The lowest BCUT2D eigenvalue weighted by atomic mass is 9.89. The zero-order valence-electron chi connectivity index (χ0n) is 9.16. The van der Waals surface area contributed by atoms with Gasteiger partial charge < -0.3 is 5.11 Å². The summed E-state index contributed by atoms with van der Waals surface area (Å²) < 4.78 is 0.819. The Labute approximate surface area is 105 Å². The van der Waals surface area contributed by atoms with Crippen molar-refractivity contribution in [2.75, 3.05) is 13.1 Å². The standard InChI is InChI=1S/C12H16ClNOS/c13-11-4-3-9(16-11)8-12(15)5-7-14-6-1-2-10(12)14/h3-4,10,15H,1-2,5-8H2. The molecule has 2 unspecified atom stereocenters. The van der Waals surface area contributed by atoms with Crippen molar-refractivity contribution in [2.45, 2.75) is 37.3 Å². The van der Waals surface area contributed by atoms with Gasteiger partial charge in [-0.05, 0) is 37.9 Å². The van der Waals surface area contributed by atoms with Crippen molar-refractivity contribution in [2.24, 2.45) is 0 Å². The van der Waals surface area contributed by atoms with E-state index in [1.165, 1.54) is 11.3 Å². The number of halogens is 1. The highest BCUT2D eigenvalue weighted by Crippen LogP contribution is 2.39. The number of fused-ring (bicyclic) bond motifs is 1. The van der Waals surface area contributed by atoms with Crippen LogP contribution in [0.2, 0.25) is 4.34 Å². The first-order valence-corrected chi connectivity index (χ1v) is 7.07. The SMILES string of the molecule is OC1(Cc2ccc(Cl)s2)CCN2CCCC21. The van der Waals surface area contributed by atoms with Gasteiger partial charge >= 0.3 is 0 Å². The Morgan fingerprint density at radius 3 is 3.12 bits per heavy atom. The summed E-state index contributed by atoms with van der Waals surface area (Å²) in [6, 6.07) is 4.35. The Kier molecular flexibility index (Phi) is 2.75. The fourth-order valence-corrected chi connectivity index (χ4v) is 4.37. The minimum atomic E-state index is -0.509. The fourth-order valence-electron chi connectivity index (χ4n) is 3.16. The van der Waals surface area contributed by atoms with Gasteiger partial charge in [-0.15, -0.1) is 11.3 Å². The monoisotopic (exact) mass is 257 g/mol. The van der Waals surface area contributed by atoms with Crippen molar-refractivity contribution in [3.05, 3.63) is 21.3 Å². The normalized spacial score (nSPS) is 34.5. The lowest BCUT2D eigenvalue weighted by Crippen LogP contribution is -2.42. The average molecular weight is 258 g/mol. The molecule has 2 atom stereocenters. The maximum Gasteiger partial charge on any atom is 0.0931 e. The lowest BCUT2D eigenvalue weighted by molar-refractivity contribution is 0.0148. The summed E-state index contributed by atoms with van der Waals surface area (Å²) in [7, 11) is 0. The highest BCUT2D eigenvalue weighted by Gasteiger charge is 2.47. The van der Waals surface area contributed by atoms with Crippen molar-refractivity contribution >= 4 is 22.9 Å². The molecular formula is C12H16ClNOS. The van der Waals surface area contributed by atoms with E-state index in [0.29, 0.717) is 6.04 Å². The summed E-state index contributed by atoms with van der Waals surface area (Å²) in [5.41, 5.74) is -0.509. The second-order valence-corrected chi connectivity index (χ2v) is 6.73. The molecular weight excluding hydrogens is 242 g/mol.